The molecule has 1 aliphatic carbocycles. The number of methoxy groups -OCH3 is 1. The standard InChI is InChI=1S/C22H23N3O2/c1-27-20-5-4-16-15(6-9-24-21(16)25-20)14-2-3-17-18(12-14)22(13-19(17)26)7-10-23-11-8-22/h2-6,12,23H,7-11,13H2,1H3,(H,24,25). The van der Waals surface area contributed by atoms with E-state index in [4.69, 9.17) is 4.74 Å². The van der Waals surface area contributed by atoms with Gasteiger partial charge in [0.25, 0.3) is 0 Å². The molecule has 5 nitrogen and oxygen atoms in total. The SMILES string of the molecule is COc1ccc2c(n1)NCC=C2c1ccc2c(c1)C1(CCNCC1)CC2=O. The molecular formula is C22H23N3O2. The molecule has 0 bridgehead atoms. The maximum absolute atomic E-state index is 12.6. The molecule has 0 saturated carbocycles. The second-order valence-corrected chi connectivity index (χ2v) is 7.64. The van der Waals surface area contributed by atoms with E-state index in [1.165, 1.54) is 11.1 Å². The summed E-state index contributed by atoms with van der Waals surface area (Å²) >= 11 is 0. The van der Waals surface area contributed by atoms with Crippen molar-refractivity contribution in [2.45, 2.75) is 24.7 Å². The fraction of sp³-hybridized carbons (Fsp3) is 0.364. The van der Waals surface area contributed by atoms with Gasteiger partial charge in [0.05, 0.1) is 7.11 Å². The highest BCUT2D eigenvalue weighted by atomic mass is 16.5. The molecule has 0 radical (unpaired) electrons. The lowest BCUT2D eigenvalue weighted by atomic mass is 9.73. The van der Waals surface area contributed by atoms with Gasteiger partial charge < -0.3 is 15.4 Å². The molecule has 2 aliphatic heterocycles. The molecule has 2 N–H and O–H groups in total. The average molecular weight is 361 g/mol. The molecule has 27 heavy (non-hydrogen) atoms. The van der Waals surface area contributed by atoms with Crippen LogP contribution in [0.4, 0.5) is 5.82 Å². The lowest BCUT2D eigenvalue weighted by Crippen LogP contribution is -2.38. The number of carbonyl (C=O) groups excluding carboxylic acids is 1. The molecule has 1 spiro atoms. The lowest BCUT2D eigenvalue weighted by molar-refractivity contribution is 0.0964. The van der Waals surface area contributed by atoms with E-state index < -0.39 is 0 Å². The van der Waals surface area contributed by atoms with Gasteiger partial charge in [0, 0.05) is 35.6 Å². The third-order valence-corrected chi connectivity index (χ3v) is 6.21. The van der Waals surface area contributed by atoms with Crippen LogP contribution in [-0.4, -0.2) is 37.5 Å². The van der Waals surface area contributed by atoms with Gasteiger partial charge in [-0.1, -0.05) is 18.2 Å². The van der Waals surface area contributed by atoms with E-state index >= 15 is 0 Å². The van der Waals surface area contributed by atoms with Crippen LogP contribution < -0.4 is 15.4 Å². The Morgan fingerprint density at radius 1 is 1.11 bits per heavy atom. The number of nitrogens with one attached hydrogen (secondary N) is 2. The summed E-state index contributed by atoms with van der Waals surface area (Å²) in [7, 11) is 1.63. The van der Waals surface area contributed by atoms with Crippen molar-refractivity contribution < 1.29 is 9.53 Å². The Morgan fingerprint density at radius 2 is 1.93 bits per heavy atom. The quantitative estimate of drug-likeness (QED) is 0.860. The smallest absolute Gasteiger partial charge is 0.214 e. The number of ether oxygens (including phenoxy) is 1. The number of anilines is 1. The largest absolute Gasteiger partial charge is 0.481 e. The predicted molar refractivity (Wildman–Crippen MR) is 106 cm³/mol. The first kappa shape index (κ1) is 16.5. The summed E-state index contributed by atoms with van der Waals surface area (Å²) in [6, 6.07) is 10.3. The third kappa shape index (κ3) is 2.57. The van der Waals surface area contributed by atoms with Crippen LogP contribution in [-0.2, 0) is 5.41 Å². The molecule has 5 rings (SSSR count). The maximum atomic E-state index is 12.6. The normalized spacial score (nSPS) is 19.9. The second kappa shape index (κ2) is 6.20. The molecular weight excluding hydrogens is 338 g/mol. The molecule has 0 unspecified atom stereocenters. The van der Waals surface area contributed by atoms with Gasteiger partial charge in [-0.2, -0.15) is 4.98 Å². The van der Waals surface area contributed by atoms with Crippen LogP contribution in [0.15, 0.2) is 36.4 Å². The zero-order valence-electron chi connectivity index (χ0n) is 15.5. The molecule has 1 aromatic carbocycles. The highest BCUT2D eigenvalue weighted by molar-refractivity contribution is 6.03. The van der Waals surface area contributed by atoms with Gasteiger partial charge in [0.2, 0.25) is 5.88 Å². The predicted octanol–water partition coefficient (Wildman–Crippen LogP) is 3.16. The van der Waals surface area contributed by atoms with Crippen molar-refractivity contribution in [3.05, 3.63) is 58.7 Å². The fourth-order valence-corrected chi connectivity index (χ4v) is 4.78. The maximum Gasteiger partial charge on any atom is 0.214 e. The zero-order chi connectivity index (χ0) is 18.4. The van der Waals surface area contributed by atoms with E-state index in [0.717, 1.165) is 55.0 Å². The zero-order valence-corrected chi connectivity index (χ0v) is 15.5. The van der Waals surface area contributed by atoms with Crippen LogP contribution in [0, 0.1) is 0 Å². The number of rotatable bonds is 2. The first-order valence-electron chi connectivity index (χ1n) is 9.58. The molecule has 5 heteroatoms. The van der Waals surface area contributed by atoms with Gasteiger partial charge >= 0.3 is 0 Å². The number of ketones is 1. The van der Waals surface area contributed by atoms with Gasteiger partial charge in [-0.15, -0.1) is 0 Å². The summed E-state index contributed by atoms with van der Waals surface area (Å²) in [4.78, 5) is 17.2. The number of hydrogen-bond donors (Lipinski definition) is 2. The van der Waals surface area contributed by atoms with Crippen molar-refractivity contribution in [3.63, 3.8) is 0 Å². The monoisotopic (exact) mass is 361 g/mol. The van der Waals surface area contributed by atoms with Crippen LogP contribution in [0.25, 0.3) is 5.57 Å². The molecule has 0 amide bonds. The van der Waals surface area contributed by atoms with Crippen molar-refractivity contribution in [2.75, 3.05) is 32.1 Å². The number of aromatic nitrogens is 1. The minimum Gasteiger partial charge on any atom is -0.481 e. The van der Waals surface area contributed by atoms with E-state index in [2.05, 4.69) is 39.9 Å². The molecule has 3 aliphatic rings. The number of benzene rings is 1. The van der Waals surface area contributed by atoms with Crippen LogP contribution >= 0.6 is 0 Å². The Bertz CT molecular complexity index is 958. The summed E-state index contributed by atoms with van der Waals surface area (Å²) in [5.41, 5.74) is 5.59. The number of carbonyl (C=O) groups is 1. The molecule has 2 aromatic rings. The van der Waals surface area contributed by atoms with Crippen LogP contribution in [0.3, 0.4) is 0 Å². The van der Waals surface area contributed by atoms with Gasteiger partial charge in [0.15, 0.2) is 5.78 Å². The van der Waals surface area contributed by atoms with Crippen molar-refractivity contribution >= 4 is 17.2 Å². The molecule has 0 atom stereocenters. The van der Waals surface area contributed by atoms with Crippen molar-refractivity contribution in [2.24, 2.45) is 0 Å². The Labute approximate surface area is 158 Å². The van der Waals surface area contributed by atoms with E-state index in [0.29, 0.717) is 18.1 Å². The van der Waals surface area contributed by atoms with Crippen LogP contribution in [0.5, 0.6) is 5.88 Å². The highest BCUT2D eigenvalue weighted by Crippen LogP contribution is 2.46. The van der Waals surface area contributed by atoms with E-state index in [9.17, 15) is 4.79 Å². The summed E-state index contributed by atoms with van der Waals surface area (Å²) in [6.07, 6.45) is 4.92. The number of pyridine rings is 1. The topological polar surface area (TPSA) is 63.2 Å². The Hall–Kier alpha value is -2.66. The van der Waals surface area contributed by atoms with E-state index in [1.54, 1.807) is 7.11 Å². The summed E-state index contributed by atoms with van der Waals surface area (Å²) < 4.78 is 5.25. The van der Waals surface area contributed by atoms with Crippen molar-refractivity contribution in [3.8, 4) is 5.88 Å². The minimum atomic E-state index is 0.0160. The molecule has 1 fully saturated rings. The summed E-state index contributed by atoms with van der Waals surface area (Å²) in [5, 5.41) is 6.76. The van der Waals surface area contributed by atoms with Crippen LogP contribution in [0.2, 0.25) is 0 Å². The minimum absolute atomic E-state index is 0.0160. The van der Waals surface area contributed by atoms with Gasteiger partial charge in [-0.3, -0.25) is 4.79 Å². The highest BCUT2D eigenvalue weighted by Gasteiger charge is 2.44. The molecule has 138 valence electrons. The second-order valence-electron chi connectivity index (χ2n) is 7.64. The first-order valence-corrected chi connectivity index (χ1v) is 9.58. The lowest BCUT2D eigenvalue weighted by Gasteiger charge is -2.34. The number of hydrogen-bond acceptors (Lipinski definition) is 5. The number of fused-ring (bicyclic) bond motifs is 3. The van der Waals surface area contributed by atoms with Gasteiger partial charge in [-0.25, -0.2) is 0 Å². The fourth-order valence-electron chi connectivity index (χ4n) is 4.78. The molecule has 1 saturated heterocycles. The summed E-state index contributed by atoms with van der Waals surface area (Å²) in [5.74, 6) is 1.75. The summed E-state index contributed by atoms with van der Waals surface area (Å²) in [6.45, 7) is 2.69. The Balaban J connectivity index is 1.59. The Morgan fingerprint density at radius 3 is 2.74 bits per heavy atom. The first-order chi connectivity index (χ1) is 13.2. The Kier molecular flexibility index (Phi) is 3.79. The molecule has 3 heterocycles. The average Bonchev–Trinajstić information content (AvgIpc) is 2.98. The van der Waals surface area contributed by atoms with Gasteiger partial charge in [0.1, 0.15) is 5.82 Å². The van der Waals surface area contributed by atoms with Crippen molar-refractivity contribution in [1.82, 2.24) is 10.3 Å². The van der Waals surface area contributed by atoms with E-state index in [-0.39, 0.29) is 5.41 Å². The third-order valence-electron chi connectivity index (χ3n) is 6.21. The van der Waals surface area contributed by atoms with Crippen molar-refractivity contribution in [1.29, 1.82) is 0 Å². The molecule has 1 aromatic heterocycles. The van der Waals surface area contributed by atoms with E-state index in [1.807, 2.05) is 12.1 Å². The van der Waals surface area contributed by atoms with Crippen LogP contribution in [0.1, 0.15) is 46.3 Å². The van der Waals surface area contributed by atoms with Gasteiger partial charge in [-0.05, 0) is 54.8 Å². The number of piperidine rings is 1. The number of nitrogens with zero attached hydrogens (tertiary/aromatic N) is 1. The number of Topliss-reactive ketones (excluding diaryl/α,β-unsaturated/α-hetero) is 1.